The van der Waals surface area contributed by atoms with Gasteiger partial charge in [-0.05, 0) is 56.0 Å². The van der Waals surface area contributed by atoms with Crippen molar-refractivity contribution in [2.45, 2.75) is 32.7 Å². The topological polar surface area (TPSA) is 64.4 Å². The van der Waals surface area contributed by atoms with Gasteiger partial charge in [0.05, 0.1) is 12.6 Å². The average molecular weight is 374 g/mol. The summed E-state index contributed by atoms with van der Waals surface area (Å²) in [5.41, 5.74) is 2.44. The lowest BCUT2D eigenvalue weighted by Crippen LogP contribution is -2.23. The van der Waals surface area contributed by atoms with E-state index in [2.05, 4.69) is 22.1 Å². The van der Waals surface area contributed by atoms with Crippen LogP contribution in [-0.4, -0.2) is 17.5 Å². The van der Waals surface area contributed by atoms with Crippen LogP contribution in [-0.2, 0) is 4.79 Å². The molecule has 0 spiro atoms. The van der Waals surface area contributed by atoms with Crippen LogP contribution in [0.2, 0.25) is 0 Å². The molecule has 5 heteroatoms. The van der Waals surface area contributed by atoms with Gasteiger partial charge >= 0.3 is 0 Å². The Bertz CT molecular complexity index is 1050. The predicted molar refractivity (Wildman–Crippen MR) is 107 cm³/mol. The SMILES string of the molecule is CC(=O)NC(C)c1cc2ccc(C#Cc3ccc(OCC4CC4)nc3)cc2o1. The van der Waals surface area contributed by atoms with E-state index < -0.39 is 0 Å². The average Bonchev–Trinajstić information content (AvgIpc) is 3.41. The molecule has 2 aromatic heterocycles. The molecular weight excluding hydrogens is 352 g/mol. The summed E-state index contributed by atoms with van der Waals surface area (Å²) in [7, 11) is 0. The largest absolute Gasteiger partial charge is 0.477 e. The number of amides is 1. The van der Waals surface area contributed by atoms with Crippen LogP contribution in [0.1, 0.15) is 49.6 Å². The molecule has 1 aliphatic carbocycles. The number of nitrogens with zero attached hydrogens (tertiary/aromatic N) is 1. The highest BCUT2D eigenvalue weighted by atomic mass is 16.5. The Morgan fingerprint density at radius 2 is 2.04 bits per heavy atom. The third kappa shape index (κ3) is 4.52. The van der Waals surface area contributed by atoms with E-state index in [1.54, 1.807) is 6.20 Å². The van der Waals surface area contributed by atoms with E-state index in [1.165, 1.54) is 19.8 Å². The molecule has 1 fully saturated rings. The van der Waals surface area contributed by atoms with Crippen LogP contribution >= 0.6 is 0 Å². The van der Waals surface area contributed by atoms with Gasteiger partial charge in [-0.25, -0.2) is 4.98 Å². The molecule has 1 aromatic carbocycles. The first kappa shape index (κ1) is 18.1. The summed E-state index contributed by atoms with van der Waals surface area (Å²) in [5, 5.41) is 3.81. The van der Waals surface area contributed by atoms with E-state index in [1.807, 2.05) is 43.3 Å². The number of fused-ring (bicyclic) bond motifs is 1. The van der Waals surface area contributed by atoms with Crippen molar-refractivity contribution in [3.05, 3.63) is 59.5 Å². The number of rotatable bonds is 5. The second-order valence-electron chi connectivity index (χ2n) is 7.21. The zero-order chi connectivity index (χ0) is 19.5. The minimum atomic E-state index is -0.175. The van der Waals surface area contributed by atoms with E-state index in [0.717, 1.165) is 34.5 Å². The second-order valence-corrected chi connectivity index (χ2v) is 7.21. The van der Waals surface area contributed by atoms with Crippen molar-refractivity contribution in [2.24, 2.45) is 5.92 Å². The highest BCUT2D eigenvalue weighted by Gasteiger charge is 2.22. The van der Waals surface area contributed by atoms with Crippen molar-refractivity contribution in [1.29, 1.82) is 0 Å². The van der Waals surface area contributed by atoms with Gasteiger partial charge in [-0.1, -0.05) is 11.8 Å². The molecule has 4 rings (SSSR count). The molecule has 0 bridgehead atoms. The Hall–Kier alpha value is -3.26. The van der Waals surface area contributed by atoms with Gasteiger partial charge in [0, 0.05) is 35.7 Å². The molecule has 1 atom stereocenters. The molecule has 0 saturated heterocycles. The highest BCUT2D eigenvalue weighted by Crippen LogP contribution is 2.29. The normalized spacial score (nSPS) is 14.2. The maximum Gasteiger partial charge on any atom is 0.217 e. The highest BCUT2D eigenvalue weighted by molar-refractivity contribution is 5.80. The van der Waals surface area contributed by atoms with Crippen molar-refractivity contribution in [3.63, 3.8) is 0 Å². The summed E-state index contributed by atoms with van der Waals surface area (Å²) in [5.74, 6) is 8.26. The molecule has 1 aliphatic rings. The standard InChI is InChI=1S/C23H22N2O3/c1-15(25-16(2)26)21-12-20-9-7-17(11-22(20)28-21)3-4-18-8-10-23(24-13-18)27-14-19-5-6-19/h7-13,15,19H,5-6,14H2,1-2H3,(H,25,26). The molecule has 1 amide bonds. The first-order valence-electron chi connectivity index (χ1n) is 9.48. The molecule has 28 heavy (non-hydrogen) atoms. The summed E-state index contributed by atoms with van der Waals surface area (Å²) < 4.78 is 11.5. The molecule has 2 heterocycles. The van der Waals surface area contributed by atoms with Crippen molar-refractivity contribution in [2.75, 3.05) is 6.61 Å². The molecule has 1 N–H and O–H groups in total. The zero-order valence-corrected chi connectivity index (χ0v) is 16.0. The number of aromatic nitrogens is 1. The number of hydrogen-bond acceptors (Lipinski definition) is 4. The number of furan rings is 1. The van der Waals surface area contributed by atoms with E-state index >= 15 is 0 Å². The third-order valence-electron chi connectivity index (χ3n) is 4.64. The molecule has 0 aliphatic heterocycles. The second kappa shape index (κ2) is 7.77. The van der Waals surface area contributed by atoms with Gasteiger partial charge in [0.2, 0.25) is 11.8 Å². The Balaban J connectivity index is 1.46. The quantitative estimate of drug-likeness (QED) is 0.680. The zero-order valence-electron chi connectivity index (χ0n) is 16.0. The van der Waals surface area contributed by atoms with E-state index in [4.69, 9.17) is 9.15 Å². The number of carbonyl (C=O) groups is 1. The van der Waals surface area contributed by atoms with Gasteiger partial charge in [0.25, 0.3) is 0 Å². The van der Waals surface area contributed by atoms with E-state index in [-0.39, 0.29) is 11.9 Å². The Labute approximate surface area is 164 Å². The van der Waals surface area contributed by atoms with Crippen molar-refractivity contribution >= 4 is 16.9 Å². The van der Waals surface area contributed by atoms with Crippen LogP contribution in [0.4, 0.5) is 0 Å². The van der Waals surface area contributed by atoms with Crippen LogP contribution in [0.25, 0.3) is 11.0 Å². The lowest BCUT2D eigenvalue weighted by molar-refractivity contribution is -0.119. The van der Waals surface area contributed by atoms with Crippen LogP contribution in [0.15, 0.2) is 47.0 Å². The predicted octanol–water partition coefficient (Wildman–Crippen LogP) is 4.21. The Morgan fingerprint density at radius 3 is 2.75 bits per heavy atom. The minimum absolute atomic E-state index is 0.0860. The fourth-order valence-electron chi connectivity index (χ4n) is 2.89. The summed E-state index contributed by atoms with van der Waals surface area (Å²) >= 11 is 0. The lowest BCUT2D eigenvalue weighted by atomic mass is 10.1. The molecule has 5 nitrogen and oxygen atoms in total. The van der Waals surface area contributed by atoms with Crippen LogP contribution in [0.5, 0.6) is 5.88 Å². The number of carbonyl (C=O) groups excluding carboxylic acids is 1. The first-order valence-corrected chi connectivity index (χ1v) is 9.48. The van der Waals surface area contributed by atoms with Crippen LogP contribution < -0.4 is 10.1 Å². The molecule has 1 unspecified atom stereocenters. The van der Waals surface area contributed by atoms with E-state index in [9.17, 15) is 4.79 Å². The molecule has 0 radical (unpaired) electrons. The van der Waals surface area contributed by atoms with Crippen molar-refractivity contribution < 1.29 is 13.9 Å². The van der Waals surface area contributed by atoms with Gasteiger partial charge in [-0.15, -0.1) is 0 Å². The summed E-state index contributed by atoms with van der Waals surface area (Å²) in [6.45, 7) is 4.14. The summed E-state index contributed by atoms with van der Waals surface area (Å²) in [6.07, 6.45) is 4.25. The monoisotopic (exact) mass is 374 g/mol. The maximum atomic E-state index is 11.2. The van der Waals surface area contributed by atoms with Gasteiger partial charge in [-0.3, -0.25) is 4.79 Å². The molecule has 142 valence electrons. The first-order chi connectivity index (χ1) is 13.6. The Morgan fingerprint density at radius 1 is 1.25 bits per heavy atom. The fraction of sp³-hybridized carbons (Fsp3) is 0.304. The molecule has 3 aromatic rings. The van der Waals surface area contributed by atoms with Gasteiger partial charge < -0.3 is 14.5 Å². The number of benzene rings is 1. The number of pyridine rings is 1. The number of nitrogens with one attached hydrogen (secondary N) is 1. The fourth-order valence-corrected chi connectivity index (χ4v) is 2.89. The smallest absolute Gasteiger partial charge is 0.217 e. The molecular formula is C23H22N2O3. The maximum absolute atomic E-state index is 11.2. The van der Waals surface area contributed by atoms with Gasteiger partial charge in [0.1, 0.15) is 11.3 Å². The van der Waals surface area contributed by atoms with E-state index in [0.29, 0.717) is 11.8 Å². The van der Waals surface area contributed by atoms with Crippen molar-refractivity contribution in [1.82, 2.24) is 10.3 Å². The Kier molecular flexibility index (Phi) is 5.03. The number of hydrogen-bond donors (Lipinski definition) is 1. The molecule has 1 saturated carbocycles. The van der Waals surface area contributed by atoms with Crippen LogP contribution in [0, 0.1) is 17.8 Å². The third-order valence-corrected chi connectivity index (χ3v) is 4.64. The van der Waals surface area contributed by atoms with Crippen LogP contribution in [0.3, 0.4) is 0 Å². The minimum Gasteiger partial charge on any atom is -0.477 e. The van der Waals surface area contributed by atoms with Gasteiger partial charge in [-0.2, -0.15) is 0 Å². The summed E-state index contributed by atoms with van der Waals surface area (Å²) in [6, 6.07) is 11.4. The van der Waals surface area contributed by atoms with Gasteiger partial charge in [0.15, 0.2) is 0 Å². The lowest BCUT2D eigenvalue weighted by Gasteiger charge is -2.08. The van der Waals surface area contributed by atoms with Crippen molar-refractivity contribution in [3.8, 4) is 17.7 Å². The number of ether oxygens (including phenoxy) is 1. The summed E-state index contributed by atoms with van der Waals surface area (Å²) in [4.78, 5) is 15.5.